The number of hydrogen-bond donors (Lipinski definition) is 1. The maximum absolute atomic E-state index is 12.3. The van der Waals surface area contributed by atoms with E-state index in [2.05, 4.69) is 17.4 Å². The molecule has 2 atom stereocenters. The van der Waals surface area contributed by atoms with Gasteiger partial charge < -0.3 is 5.32 Å². The zero-order valence-corrected chi connectivity index (χ0v) is 9.20. The highest BCUT2D eigenvalue weighted by Gasteiger charge is 2.24. The van der Waals surface area contributed by atoms with E-state index < -0.39 is 6.43 Å². The molecule has 3 heteroatoms. The van der Waals surface area contributed by atoms with E-state index in [0.717, 1.165) is 19.4 Å². The van der Waals surface area contributed by atoms with Gasteiger partial charge in [0.15, 0.2) is 0 Å². The van der Waals surface area contributed by atoms with Gasteiger partial charge in [0.05, 0.1) is 0 Å². The Balaban J connectivity index is 1.97. The SMILES string of the molecule is FC(F)CC1CCNC(c2ccccc2)C1. The molecule has 1 aromatic rings. The summed E-state index contributed by atoms with van der Waals surface area (Å²) in [7, 11) is 0. The van der Waals surface area contributed by atoms with Crippen LogP contribution in [0.3, 0.4) is 0 Å². The number of alkyl halides is 2. The topological polar surface area (TPSA) is 12.0 Å². The van der Waals surface area contributed by atoms with Gasteiger partial charge in [-0.25, -0.2) is 8.78 Å². The highest BCUT2D eigenvalue weighted by atomic mass is 19.3. The van der Waals surface area contributed by atoms with Gasteiger partial charge in [0.2, 0.25) is 6.43 Å². The van der Waals surface area contributed by atoms with Crippen LogP contribution in [0.5, 0.6) is 0 Å². The maximum atomic E-state index is 12.3. The minimum absolute atomic E-state index is 0.0466. The summed E-state index contributed by atoms with van der Waals surface area (Å²) in [6.45, 7) is 0.844. The molecule has 1 saturated heterocycles. The van der Waals surface area contributed by atoms with Crippen LogP contribution in [0, 0.1) is 5.92 Å². The van der Waals surface area contributed by atoms with Crippen LogP contribution < -0.4 is 5.32 Å². The molecule has 0 radical (unpaired) electrons. The lowest BCUT2D eigenvalue weighted by Crippen LogP contribution is -2.32. The summed E-state index contributed by atoms with van der Waals surface area (Å²) in [5.74, 6) is 0.159. The second-order valence-corrected chi connectivity index (χ2v) is 4.43. The summed E-state index contributed by atoms with van der Waals surface area (Å²) in [5, 5.41) is 3.39. The smallest absolute Gasteiger partial charge is 0.238 e. The van der Waals surface area contributed by atoms with Gasteiger partial charge >= 0.3 is 0 Å². The van der Waals surface area contributed by atoms with Crippen molar-refractivity contribution < 1.29 is 8.78 Å². The molecule has 0 bridgehead atoms. The van der Waals surface area contributed by atoms with Gasteiger partial charge in [0, 0.05) is 12.5 Å². The minimum atomic E-state index is -2.17. The molecule has 1 heterocycles. The second-order valence-electron chi connectivity index (χ2n) is 4.43. The first-order valence-corrected chi connectivity index (χ1v) is 5.82. The zero-order chi connectivity index (χ0) is 11.4. The molecular formula is C13H17F2N. The van der Waals surface area contributed by atoms with E-state index in [4.69, 9.17) is 0 Å². The molecule has 2 rings (SSSR count). The maximum Gasteiger partial charge on any atom is 0.238 e. The molecular weight excluding hydrogens is 208 g/mol. The summed E-state index contributed by atoms with van der Waals surface area (Å²) in [4.78, 5) is 0. The van der Waals surface area contributed by atoms with Crippen molar-refractivity contribution in [1.29, 1.82) is 0 Å². The van der Waals surface area contributed by atoms with Crippen molar-refractivity contribution >= 4 is 0 Å². The molecule has 16 heavy (non-hydrogen) atoms. The summed E-state index contributed by atoms with van der Waals surface area (Å²) < 4.78 is 24.7. The van der Waals surface area contributed by atoms with Gasteiger partial charge in [0.25, 0.3) is 0 Å². The monoisotopic (exact) mass is 225 g/mol. The molecule has 0 saturated carbocycles. The molecule has 1 aromatic carbocycles. The van der Waals surface area contributed by atoms with Crippen molar-refractivity contribution in [2.75, 3.05) is 6.54 Å². The molecule has 1 fully saturated rings. The highest BCUT2D eigenvalue weighted by molar-refractivity contribution is 5.19. The van der Waals surface area contributed by atoms with Gasteiger partial charge in [-0.2, -0.15) is 0 Å². The molecule has 0 aliphatic carbocycles. The van der Waals surface area contributed by atoms with Crippen molar-refractivity contribution in [2.24, 2.45) is 5.92 Å². The Morgan fingerprint density at radius 3 is 2.69 bits per heavy atom. The molecule has 1 aliphatic rings. The standard InChI is InChI=1S/C13H17F2N/c14-13(15)9-10-6-7-16-12(8-10)11-4-2-1-3-5-11/h1-5,10,12-13,16H,6-9H2. The lowest BCUT2D eigenvalue weighted by atomic mass is 9.87. The number of rotatable bonds is 3. The lowest BCUT2D eigenvalue weighted by molar-refractivity contribution is 0.100. The van der Waals surface area contributed by atoms with E-state index in [1.165, 1.54) is 5.56 Å². The number of piperidine rings is 1. The third kappa shape index (κ3) is 3.01. The van der Waals surface area contributed by atoms with Crippen LogP contribution in [0.25, 0.3) is 0 Å². The number of nitrogens with one attached hydrogen (secondary N) is 1. The average molecular weight is 225 g/mol. The average Bonchev–Trinajstić information content (AvgIpc) is 2.30. The normalized spacial score (nSPS) is 25.9. The predicted molar refractivity (Wildman–Crippen MR) is 60.5 cm³/mol. The molecule has 0 spiro atoms. The van der Waals surface area contributed by atoms with Crippen LogP contribution in [-0.2, 0) is 0 Å². The number of halogens is 2. The van der Waals surface area contributed by atoms with E-state index in [-0.39, 0.29) is 18.4 Å². The van der Waals surface area contributed by atoms with Crippen LogP contribution >= 0.6 is 0 Å². The van der Waals surface area contributed by atoms with E-state index in [9.17, 15) is 8.78 Å². The Morgan fingerprint density at radius 2 is 2.00 bits per heavy atom. The first-order valence-electron chi connectivity index (χ1n) is 5.82. The van der Waals surface area contributed by atoms with Crippen molar-refractivity contribution in [1.82, 2.24) is 5.32 Å². The van der Waals surface area contributed by atoms with E-state index in [1.807, 2.05) is 18.2 Å². The fraction of sp³-hybridized carbons (Fsp3) is 0.538. The van der Waals surface area contributed by atoms with E-state index in [0.29, 0.717) is 0 Å². The van der Waals surface area contributed by atoms with Gasteiger partial charge in [-0.3, -0.25) is 0 Å². The minimum Gasteiger partial charge on any atom is -0.310 e. The highest BCUT2D eigenvalue weighted by Crippen LogP contribution is 2.30. The summed E-state index contributed by atoms with van der Waals surface area (Å²) in [6.07, 6.45) is -0.424. The van der Waals surface area contributed by atoms with Gasteiger partial charge in [-0.15, -0.1) is 0 Å². The van der Waals surface area contributed by atoms with Crippen LogP contribution in [0.1, 0.15) is 30.9 Å². The van der Waals surface area contributed by atoms with Crippen molar-refractivity contribution in [2.45, 2.75) is 31.7 Å². The Hall–Kier alpha value is -0.960. The Kier molecular flexibility index (Phi) is 3.88. The largest absolute Gasteiger partial charge is 0.310 e. The predicted octanol–water partition coefficient (Wildman–Crippen LogP) is 3.38. The Bertz CT molecular complexity index is 313. The first-order chi connectivity index (χ1) is 7.75. The summed E-state index contributed by atoms with van der Waals surface area (Å²) in [6, 6.07) is 10.3. The third-order valence-corrected chi connectivity index (χ3v) is 3.23. The van der Waals surface area contributed by atoms with E-state index in [1.54, 1.807) is 0 Å². The Morgan fingerprint density at radius 1 is 1.25 bits per heavy atom. The lowest BCUT2D eigenvalue weighted by Gasteiger charge is -2.30. The fourth-order valence-electron chi connectivity index (χ4n) is 2.40. The van der Waals surface area contributed by atoms with Gasteiger partial charge in [0.1, 0.15) is 0 Å². The van der Waals surface area contributed by atoms with Crippen LogP contribution in [0.2, 0.25) is 0 Å². The molecule has 0 amide bonds. The van der Waals surface area contributed by atoms with E-state index >= 15 is 0 Å². The van der Waals surface area contributed by atoms with Crippen LogP contribution in [0.4, 0.5) is 8.78 Å². The zero-order valence-electron chi connectivity index (χ0n) is 9.20. The Labute approximate surface area is 94.9 Å². The van der Waals surface area contributed by atoms with Gasteiger partial charge in [-0.05, 0) is 30.9 Å². The van der Waals surface area contributed by atoms with Crippen molar-refractivity contribution in [3.05, 3.63) is 35.9 Å². The van der Waals surface area contributed by atoms with Crippen molar-refractivity contribution in [3.8, 4) is 0 Å². The molecule has 2 unspecified atom stereocenters. The summed E-state index contributed by atoms with van der Waals surface area (Å²) in [5.41, 5.74) is 1.21. The fourth-order valence-corrected chi connectivity index (χ4v) is 2.40. The molecule has 0 aromatic heterocycles. The molecule has 1 aliphatic heterocycles. The van der Waals surface area contributed by atoms with Gasteiger partial charge in [-0.1, -0.05) is 30.3 Å². The molecule has 1 N–H and O–H groups in total. The number of hydrogen-bond acceptors (Lipinski definition) is 1. The van der Waals surface area contributed by atoms with Crippen LogP contribution in [0.15, 0.2) is 30.3 Å². The van der Waals surface area contributed by atoms with Crippen LogP contribution in [-0.4, -0.2) is 13.0 Å². The quantitative estimate of drug-likeness (QED) is 0.831. The molecule has 1 nitrogen and oxygen atoms in total. The van der Waals surface area contributed by atoms with Crippen molar-refractivity contribution in [3.63, 3.8) is 0 Å². The first kappa shape index (κ1) is 11.5. The second kappa shape index (κ2) is 5.39. The summed E-state index contributed by atoms with van der Waals surface area (Å²) >= 11 is 0. The number of benzene rings is 1. The third-order valence-electron chi connectivity index (χ3n) is 3.23. The molecule has 88 valence electrons.